The molecule has 0 spiro atoms. The third-order valence-corrected chi connectivity index (χ3v) is 6.53. The number of fused-ring (bicyclic) bond motifs is 2. The van der Waals surface area contributed by atoms with Crippen molar-refractivity contribution in [1.82, 2.24) is 24.3 Å². The highest BCUT2D eigenvalue weighted by molar-refractivity contribution is 9.10. The van der Waals surface area contributed by atoms with Gasteiger partial charge in [-0.05, 0) is 40.2 Å². The third-order valence-electron chi connectivity index (χ3n) is 4.62. The van der Waals surface area contributed by atoms with Gasteiger partial charge in [-0.2, -0.15) is 0 Å². The molecule has 0 radical (unpaired) electrons. The largest absolute Gasteiger partial charge is 0.350 e. The van der Waals surface area contributed by atoms with Crippen molar-refractivity contribution in [3.05, 3.63) is 51.8 Å². The van der Waals surface area contributed by atoms with Crippen molar-refractivity contribution < 1.29 is 0 Å². The maximum atomic E-state index is 4.51. The summed E-state index contributed by atoms with van der Waals surface area (Å²) in [6.07, 6.45) is 5.99. The average Bonchev–Trinajstić information content (AvgIpc) is 3.32. The predicted octanol–water partition coefficient (Wildman–Crippen LogP) is 5.78. The number of halogens is 2. The molecule has 1 aromatic carbocycles. The highest BCUT2D eigenvalue weighted by Gasteiger charge is 2.18. The molecule has 27 heavy (non-hydrogen) atoms. The Labute approximate surface area is 175 Å². The van der Waals surface area contributed by atoms with Gasteiger partial charge in [-0.1, -0.05) is 27.3 Å². The van der Waals surface area contributed by atoms with Crippen LogP contribution in [-0.4, -0.2) is 24.3 Å². The molecule has 4 aromatic heterocycles. The Bertz CT molecular complexity index is 1230. The molecule has 5 aromatic rings. The van der Waals surface area contributed by atoms with E-state index in [9.17, 15) is 0 Å². The number of pyridine rings is 1. The second-order valence-electron chi connectivity index (χ2n) is 6.41. The number of nitrogens with zero attached hydrogens (tertiary/aromatic N) is 5. The predicted molar refractivity (Wildman–Crippen MR) is 117 cm³/mol. The molecule has 0 saturated carbocycles. The number of rotatable bonds is 2. The fourth-order valence-electron chi connectivity index (χ4n) is 3.38. The lowest BCUT2D eigenvalue weighted by Gasteiger charge is -1.96. The SMILES string of the molecule is Cn1cc(-c2nnc(-c3cn(C)c4ncc(Br)cc34)s2)c2cc(Br)ccc21. The van der Waals surface area contributed by atoms with Crippen LogP contribution in [0.3, 0.4) is 0 Å². The molecule has 0 N–H and O–H groups in total. The van der Waals surface area contributed by atoms with Crippen LogP contribution < -0.4 is 0 Å². The molecule has 5 nitrogen and oxygen atoms in total. The van der Waals surface area contributed by atoms with Crippen LogP contribution in [0.1, 0.15) is 0 Å². The van der Waals surface area contributed by atoms with Gasteiger partial charge < -0.3 is 9.13 Å². The van der Waals surface area contributed by atoms with E-state index in [1.165, 1.54) is 5.52 Å². The molecular weight excluding hydrogens is 490 g/mol. The summed E-state index contributed by atoms with van der Waals surface area (Å²) in [6, 6.07) is 8.37. The maximum absolute atomic E-state index is 4.51. The van der Waals surface area contributed by atoms with Crippen molar-refractivity contribution in [3.8, 4) is 21.1 Å². The van der Waals surface area contributed by atoms with Crippen LogP contribution in [0, 0.1) is 0 Å². The Balaban J connectivity index is 1.68. The van der Waals surface area contributed by atoms with Gasteiger partial charge in [-0.15, -0.1) is 10.2 Å². The molecule has 0 aliphatic rings. The van der Waals surface area contributed by atoms with E-state index in [-0.39, 0.29) is 0 Å². The van der Waals surface area contributed by atoms with E-state index in [0.717, 1.165) is 46.5 Å². The standard InChI is InChI=1S/C19H13Br2N5S/c1-25-8-14(12-5-10(20)3-4-16(12)25)18-23-24-19(27-18)15-9-26(2)17-13(15)6-11(21)7-22-17/h3-9H,1-2H3. The van der Waals surface area contributed by atoms with Crippen LogP contribution in [0.25, 0.3) is 43.1 Å². The zero-order chi connectivity index (χ0) is 18.7. The first-order valence-electron chi connectivity index (χ1n) is 8.20. The van der Waals surface area contributed by atoms with Gasteiger partial charge in [-0.25, -0.2) is 4.98 Å². The van der Waals surface area contributed by atoms with E-state index in [0.29, 0.717) is 0 Å². The van der Waals surface area contributed by atoms with E-state index >= 15 is 0 Å². The number of benzene rings is 1. The Morgan fingerprint density at radius 1 is 0.852 bits per heavy atom. The van der Waals surface area contributed by atoms with E-state index < -0.39 is 0 Å². The summed E-state index contributed by atoms with van der Waals surface area (Å²) in [5.41, 5.74) is 4.24. The Hall–Kier alpha value is -2.03. The Morgan fingerprint density at radius 3 is 2.30 bits per heavy atom. The summed E-state index contributed by atoms with van der Waals surface area (Å²) in [5.74, 6) is 0. The summed E-state index contributed by atoms with van der Waals surface area (Å²) in [5, 5.41) is 13.0. The van der Waals surface area contributed by atoms with Crippen LogP contribution in [0.5, 0.6) is 0 Å². The zero-order valence-corrected chi connectivity index (χ0v) is 18.4. The molecule has 0 amide bonds. The molecule has 0 aliphatic carbocycles. The van der Waals surface area contributed by atoms with Crippen molar-refractivity contribution in [2.24, 2.45) is 14.1 Å². The van der Waals surface area contributed by atoms with Crippen molar-refractivity contribution in [2.45, 2.75) is 0 Å². The highest BCUT2D eigenvalue weighted by atomic mass is 79.9. The molecule has 0 unspecified atom stereocenters. The Morgan fingerprint density at radius 2 is 1.52 bits per heavy atom. The normalized spacial score (nSPS) is 11.7. The van der Waals surface area contributed by atoms with Crippen molar-refractivity contribution in [2.75, 3.05) is 0 Å². The second kappa shape index (κ2) is 6.25. The van der Waals surface area contributed by atoms with Crippen molar-refractivity contribution in [3.63, 3.8) is 0 Å². The Kier molecular flexibility index (Phi) is 3.96. The monoisotopic (exact) mass is 501 g/mol. The first-order chi connectivity index (χ1) is 13.0. The van der Waals surface area contributed by atoms with E-state index in [4.69, 9.17) is 0 Å². The van der Waals surface area contributed by atoms with Crippen LogP contribution >= 0.6 is 43.2 Å². The molecule has 8 heteroatoms. The lowest BCUT2D eigenvalue weighted by molar-refractivity contribution is 0.948. The maximum Gasteiger partial charge on any atom is 0.150 e. The van der Waals surface area contributed by atoms with Crippen molar-refractivity contribution >= 4 is 65.1 Å². The molecule has 0 aliphatic heterocycles. The number of hydrogen-bond donors (Lipinski definition) is 0. The number of hydrogen-bond acceptors (Lipinski definition) is 4. The fourth-order valence-corrected chi connectivity index (χ4v) is 4.97. The summed E-state index contributed by atoms with van der Waals surface area (Å²) < 4.78 is 6.15. The smallest absolute Gasteiger partial charge is 0.150 e. The van der Waals surface area contributed by atoms with Gasteiger partial charge in [0, 0.05) is 69.0 Å². The first kappa shape index (κ1) is 17.1. The lowest BCUT2D eigenvalue weighted by Crippen LogP contribution is -1.86. The zero-order valence-electron chi connectivity index (χ0n) is 14.4. The molecule has 0 atom stereocenters. The van der Waals surface area contributed by atoms with Gasteiger partial charge in [0.15, 0.2) is 0 Å². The molecule has 5 rings (SSSR count). The second-order valence-corrected chi connectivity index (χ2v) is 9.21. The van der Waals surface area contributed by atoms with Crippen LogP contribution in [-0.2, 0) is 14.1 Å². The first-order valence-corrected chi connectivity index (χ1v) is 10.6. The van der Waals surface area contributed by atoms with Gasteiger partial charge in [-0.3, -0.25) is 0 Å². The fraction of sp³-hybridized carbons (Fsp3) is 0.105. The minimum atomic E-state index is 0.891. The quantitative estimate of drug-likeness (QED) is 0.307. The van der Waals surface area contributed by atoms with Gasteiger partial charge in [0.05, 0.1) is 0 Å². The van der Waals surface area contributed by atoms with E-state index in [1.807, 2.05) is 17.8 Å². The van der Waals surface area contributed by atoms with E-state index in [2.05, 4.69) is 95.3 Å². The van der Waals surface area contributed by atoms with Crippen molar-refractivity contribution in [1.29, 1.82) is 0 Å². The molecule has 0 saturated heterocycles. The number of aromatic nitrogens is 5. The van der Waals surface area contributed by atoms with Gasteiger partial charge in [0.25, 0.3) is 0 Å². The van der Waals surface area contributed by atoms with Gasteiger partial charge in [0.1, 0.15) is 15.7 Å². The van der Waals surface area contributed by atoms with Crippen LogP contribution in [0.2, 0.25) is 0 Å². The van der Waals surface area contributed by atoms with Gasteiger partial charge >= 0.3 is 0 Å². The third kappa shape index (κ3) is 2.74. The summed E-state index contributed by atoms with van der Waals surface area (Å²) in [4.78, 5) is 4.51. The lowest BCUT2D eigenvalue weighted by atomic mass is 10.2. The summed E-state index contributed by atoms with van der Waals surface area (Å²) in [7, 11) is 4.05. The topological polar surface area (TPSA) is 48.5 Å². The molecule has 4 heterocycles. The average molecular weight is 503 g/mol. The molecule has 134 valence electrons. The van der Waals surface area contributed by atoms with Crippen LogP contribution in [0.15, 0.2) is 51.8 Å². The minimum absolute atomic E-state index is 0.891. The number of aryl methyl sites for hydroxylation is 2. The summed E-state index contributed by atoms with van der Waals surface area (Å²) >= 11 is 8.69. The van der Waals surface area contributed by atoms with Crippen LogP contribution in [0.4, 0.5) is 0 Å². The molecular formula is C19H13Br2N5S. The molecule has 0 bridgehead atoms. The summed E-state index contributed by atoms with van der Waals surface area (Å²) in [6.45, 7) is 0. The minimum Gasteiger partial charge on any atom is -0.350 e. The molecule has 0 fully saturated rings. The van der Waals surface area contributed by atoms with E-state index in [1.54, 1.807) is 11.3 Å². The van der Waals surface area contributed by atoms with Gasteiger partial charge in [0.2, 0.25) is 0 Å². The highest BCUT2D eigenvalue weighted by Crippen LogP contribution is 2.38.